The Balaban J connectivity index is 1.65. The summed E-state index contributed by atoms with van der Waals surface area (Å²) in [6, 6.07) is 13.4. The molecule has 1 heterocycles. The highest BCUT2D eigenvalue weighted by Gasteiger charge is 2.20. The Bertz CT molecular complexity index is 1090. The number of esters is 1. The van der Waals surface area contributed by atoms with Crippen molar-refractivity contribution in [1.29, 1.82) is 0 Å². The summed E-state index contributed by atoms with van der Waals surface area (Å²) in [7, 11) is 1.62. The number of fused-ring (bicyclic) bond motifs is 1. The first kappa shape index (κ1) is 19.8. The summed E-state index contributed by atoms with van der Waals surface area (Å²) in [6.07, 6.45) is -0.671. The first-order valence-electron chi connectivity index (χ1n) is 8.80. The summed E-state index contributed by atoms with van der Waals surface area (Å²) in [5.41, 5.74) is 0.837. The molecule has 1 aromatic heterocycles. The molecule has 0 aliphatic carbocycles. The summed E-state index contributed by atoms with van der Waals surface area (Å²) in [6.45, 7) is 1.53. The van der Waals surface area contributed by atoms with Gasteiger partial charge >= 0.3 is 5.97 Å². The molecule has 144 valence electrons. The van der Waals surface area contributed by atoms with Gasteiger partial charge < -0.3 is 4.74 Å². The lowest BCUT2D eigenvalue weighted by Gasteiger charge is -2.13. The van der Waals surface area contributed by atoms with Crippen molar-refractivity contribution in [2.24, 2.45) is 7.05 Å². The van der Waals surface area contributed by atoms with Crippen molar-refractivity contribution >= 4 is 34.3 Å². The molecule has 0 spiro atoms. The maximum Gasteiger partial charge on any atom is 0.306 e. The predicted molar refractivity (Wildman–Crippen MR) is 107 cm³/mol. The van der Waals surface area contributed by atoms with Crippen LogP contribution in [0.3, 0.4) is 0 Å². The fourth-order valence-corrected chi connectivity index (χ4v) is 2.99. The second kappa shape index (κ2) is 8.35. The number of aromatic nitrogens is 2. The third-order valence-corrected chi connectivity index (χ3v) is 4.69. The Hall–Kier alpha value is -2.99. The predicted octanol–water partition coefficient (Wildman–Crippen LogP) is 3.33. The third kappa shape index (κ3) is 4.28. The van der Waals surface area contributed by atoms with Gasteiger partial charge in [0, 0.05) is 24.1 Å². The molecule has 1 unspecified atom stereocenters. The first-order valence-corrected chi connectivity index (χ1v) is 9.18. The number of benzene rings is 2. The maximum absolute atomic E-state index is 12.4. The molecule has 0 bridgehead atoms. The van der Waals surface area contributed by atoms with Gasteiger partial charge in [-0.15, -0.1) is 0 Å². The summed E-state index contributed by atoms with van der Waals surface area (Å²) >= 11 is 5.81. The SMILES string of the molecule is CC(OC(=O)CCc1nc2ccccc2c(=O)n1C)C(=O)c1ccc(Cl)cc1. The number of rotatable bonds is 6. The standard InChI is InChI=1S/C21H19ClN2O4/c1-13(20(26)14-7-9-15(22)10-8-14)28-19(25)12-11-18-23-17-6-4-3-5-16(17)21(27)24(18)2/h3-10,13H,11-12H2,1-2H3. The van der Waals surface area contributed by atoms with Gasteiger partial charge in [-0.2, -0.15) is 0 Å². The van der Waals surface area contributed by atoms with Crippen LogP contribution >= 0.6 is 11.6 Å². The van der Waals surface area contributed by atoms with Crippen LogP contribution in [0.2, 0.25) is 5.02 Å². The lowest BCUT2D eigenvalue weighted by atomic mass is 10.1. The van der Waals surface area contributed by atoms with E-state index in [4.69, 9.17) is 16.3 Å². The average molecular weight is 399 g/mol. The number of hydrogen-bond acceptors (Lipinski definition) is 5. The highest BCUT2D eigenvalue weighted by Crippen LogP contribution is 2.13. The maximum atomic E-state index is 12.4. The van der Waals surface area contributed by atoms with Gasteiger partial charge in [0.15, 0.2) is 6.10 Å². The van der Waals surface area contributed by atoms with Gasteiger partial charge in [0.2, 0.25) is 5.78 Å². The minimum absolute atomic E-state index is 0.0108. The second-order valence-corrected chi connectivity index (χ2v) is 6.85. The Morgan fingerprint density at radius 2 is 1.82 bits per heavy atom. The van der Waals surface area contributed by atoms with E-state index in [1.807, 2.05) is 0 Å². The van der Waals surface area contributed by atoms with Gasteiger partial charge in [-0.1, -0.05) is 23.7 Å². The highest BCUT2D eigenvalue weighted by molar-refractivity contribution is 6.30. The van der Waals surface area contributed by atoms with Crippen molar-refractivity contribution in [3.63, 3.8) is 0 Å². The van der Waals surface area contributed by atoms with E-state index in [2.05, 4.69) is 4.98 Å². The smallest absolute Gasteiger partial charge is 0.306 e. The van der Waals surface area contributed by atoms with Gasteiger partial charge in [0.1, 0.15) is 5.82 Å². The number of aryl methyl sites for hydroxylation is 1. The largest absolute Gasteiger partial charge is 0.454 e. The van der Waals surface area contributed by atoms with Crippen LogP contribution in [0.15, 0.2) is 53.3 Å². The molecule has 28 heavy (non-hydrogen) atoms. The van der Waals surface area contributed by atoms with Crippen LogP contribution in [0.4, 0.5) is 0 Å². The fraction of sp³-hybridized carbons (Fsp3) is 0.238. The van der Waals surface area contributed by atoms with E-state index >= 15 is 0 Å². The van der Waals surface area contributed by atoms with Crippen LogP contribution in [-0.4, -0.2) is 27.4 Å². The van der Waals surface area contributed by atoms with Gasteiger partial charge in [-0.05, 0) is 43.3 Å². The summed E-state index contributed by atoms with van der Waals surface area (Å²) in [5.74, 6) is -0.351. The van der Waals surface area contributed by atoms with Crippen LogP contribution in [0, 0.1) is 0 Å². The lowest BCUT2D eigenvalue weighted by molar-refractivity contribution is -0.146. The Morgan fingerprint density at radius 3 is 2.54 bits per heavy atom. The third-order valence-electron chi connectivity index (χ3n) is 4.43. The summed E-state index contributed by atoms with van der Waals surface area (Å²) in [5, 5.41) is 1.05. The van der Waals surface area contributed by atoms with Gasteiger partial charge in [-0.25, -0.2) is 4.98 Å². The molecule has 0 amide bonds. The molecular formula is C21H19ClN2O4. The molecule has 0 saturated carbocycles. The van der Waals surface area contributed by atoms with Crippen LogP contribution in [-0.2, 0) is 23.0 Å². The van der Waals surface area contributed by atoms with E-state index in [-0.39, 0.29) is 24.2 Å². The van der Waals surface area contributed by atoms with Gasteiger partial charge in [0.25, 0.3) is 5.56 Å². The van der Waals surface area contributed by atoms with Crippen LogP contribution in [0.25, 0.3) is 10.9 Å². The number of ketones is 1. The van der Waals surface area contributed by atoms with Crippen molar-refractivity contribution in [1.82, 2.24) is 9.55 Å². The van der Waals surface area contributed by atoms with Crippen LogP contribution in [0.1, 0.15) is 29.5 Å². The summed E-state index contributed by atoms with van der Waals surface area (Å²) < 4.78 is 6.67. The van der Waals surface area contributed by atoms with Gasteiger partial charge in [-0.3, -0.25) is 19.0 Å². The zero-order chi connectivity index (χ0) is 20.3. The Labute approximate surface area is 166 Å². The summed E-state index contributed by atoms with van der Waals surface area (Å²) in [4.78, 5) is 41.3. The van der Waals surface area contributed by atoms with Crippen molar-refractivity contribution < 1.29 is 14.3 Å². The van der Waals surface area contributed by atoms with Crippen molar-refractivity contribution in [2.75, 3.05) is 0 Å². The van der Waals surface area contributed by atoms with Crippen molar-refractivity contribution in [2.45, 2.75) is 25.9 Å². The highest BCUT2D eigenvalue weighted by atomic mass is 35.5. The zero-order valence-corrected chi connectivity index (χ0v) is 16.3. The number of ether oxygens (including phenoxy) is 1. The Morgan fingerprint density at radius 1 is 1.14 bits per heavy atom. The molecule has 0 aliphatic heterocycles. The van der Waals surface area contributed by atoms with E-state index < -0.39 is 12.1 Å². The zero-order valence-electron chi connectivity index (χ0n) is 15.5. The molecule has 7 heteroatoms. The molecule has 0 N–H and O–H groups in total. The molecule has 6 nitrogen and oxygen atoms in total. The average Bonchev–Trinajstić information content (AvgIpc) is 2.69. The number of carbonyl (C=O) groups is 2. The molecule has 1 atom stereocenters. The van der Waals surface area contributed by atoms with Crippen LogP contribution in [0.5, 0.6) is 0 Å². The molecule has 0 fully saturated rings. The number of halogens is 1. The molecule has 2 aromatic carbocycles. The van der Waals surface area contributed by atoms with E-state index in [9.17, 15) is 14.4 Å². The molecule has 3 rings (SSSR count). The normalized spacial score (nSPS) is 12.0. The number of hydrogen-bond donors (Lipinski definition) is 0. The molecule has 0 aliphatic rings. The first-order chi connectivity index (χ1) is 13.4. The molecule has 0 radical (unpaired) electrons. The topological polar surface area (TPSA) is 78.3 Å². The quantitative estimate of drug-likeness (QED) is 0.470. The van der Waals surface area contributed by atoms with Gasteiger partial charge in [0.05, 0.1) is 17.3 Å². The van der Waals surface area contributed by atoms with E-state index in [0.29, 0.717) is 27.3 Å². The molecular weight excluding hydrogens is 380 g/mol. The van der Waals surface area contributed by atoms with Crippen molar-refractivity contribution in [3.8, 4) is 0 Å². The Kier molecular flexibility index (Phi) is 5.90. The molecule has 0 saturated heterocycles. The molecule has 3 aromatic rings. The lowest BCUT2D eigenvalue weighted by Crippen LogP contribution is -2.26. The number of carbonyl (C=O) groups excluding carboxylic acids is 2. The number of para-hydroxylation sites is 1. The van der Waals surface area contributed by atoms with E-state index in [1.54, 1.807) is 55.6 Å². The van der Waals surface area contributed by atoms with E-state index in [0.717, 1.165) is 0 Å². The monoisotopic (exact) mass is 398 g/mol. The number of Topliss-reactive ketones (excluding diaryl/α,β-unsaturated/α-hetero) is 1. The van der Waals surface area contributed by atoms with Crippen molar-refractivity contribution in [3.05, 3.63) is 75.3 Å². The van der Waals surface area contributed by atoms with Crippen LogP contribution < -0.4 is 5.56 Å². The van der Waals surface area contributed by atoms with E-state index in [1.165, 1.54) is 11.5 Å². The minimum Gasteiger partial charge on any atom is -0.454 e. The fourth-order valence-electron chi connectivity index (χ4n) is 2.86. The number of nitrogens with zero attached hydrogens (tertiary/aromatic N) is 2. The second-order valence-electron chi connectivity index (χ2n) is 6.41. The minimum atomic E-state index is -0.915.